The molecule has 5 nitrogen and oxygen atoms in total. The van der Waals surface area contributed by atoms with Gasteiger partial charge in [0.25, 0.3) is 15.9 Å². The molecule has 1 N–H and O–H groups in total. The van der Waals surface area contributed by atoms with E-state index in [1.165, 1.54) is 11.0 Å². The van der Waals surface area contributed by atoms with E-state index in [-0.39, 0.29) is 10.8 Å². The van der Waals surface area contributed by atoms with Crippen molar-refractivity contribution >= 4 is 27.3 Å². The molecule has 6 heteroatoms. The lowest BCUT2D eigenvalue weighted by molar-refractivity contribution is 0.0993. The summed E-state index contributed by atoms with van der Waals surface area (Å²) in [5, 5.41) is 0. The first kappa shape index (κ1) is 20.6. The first-order valence-corrected chi connectivity index (χ1v) is 10.7. The van der Waals surface area contributed by atoms with Crippen LogP contribution >= 0.6 is 0 Å². The van der Waals surface area contributed by atoms with Gasteiger partial charge in [0.15, 0.2) is 0 Å². The smallest absolute Gasteiger partial charge is 0.262 e. The van der Waals surface area contributed by atoms with Crippen molar-refractivity contribution in [2.24, 2.45) is 0 Å². The van der Waals surface area contributed by atoms with Crippen LogP contribution < -0.4 is 9.62 Å². The highest BCUT2D eigenvalue weighted by Crippen LogP contribution is 2.24. The molecule has 3 aromatic carbocycles. The first-order chi connectivity index (χ1) is 13.7. The zero-order chi connectivity index (χ0) is 21.2. The van der Waals surface area contributed by atoms with Gasteiger partial charge < -0.3 is 4.90 Å². The SMILES string of the molecule is Cc1ccc(NS(=O)(=O)c2cc(C(=O)N(C)c3ccccc3)ccc2C)cc1C. The van der Waals surface area contributed by atoms with Crippen LogP contribution in [-0.2, 0) is 10.0 Å². The van der Waals surface area contributed by atoms with Gasteiger partial charge in [-0.2, -0.15) is 0 Å². The van der Waals surface area contributed by atoms with Crippen LogP contribution in [0.2, 0.25) is 0 Å². The topological polar surface area (TPSA) is 66.5 Å². The number of anilines is 2. The third-order valence-corrected chi connectivity index (χ3v) is 6.46. The lowest BCUT2D eigenvalue weighted by Gasteiger charge is -2.18. The monoisotopic (exact) mass is 408 g/mol. The van der Waals surface area contributed by atoms with Crippen molar-refractivity contribution in [1.29, 1.82) is 0 Å². The molecule has 0 heterocycles. The minimum absolute atomic E-state index is 0.0861. The highest BCUT2D eigenvalue weighted by molar-refractivity contribution is 7.92. The molecule has 29 heavy (non-hydrogen) atoms. The summed E-state index contributed by atoms with van der Waals surface area (Å²) >= 11 is 0. The van der Waals surface area contributed by atoms with Gasteiger partial charge in [0.2, 0.25) is 0 Å². The van der Waals surface area contributed by atoms with Gasteiger partial charge in [-0.1, -0.05) is 30.3 Å². The fourth-order valence-corrected chi connectivity index (χ4v) is 4.32. The summed E-state index contributed by atoms with van der Waals surface area (Å²) in [4.78, 5) is 14.5. The number of rotatable bonds is 5. The van der Waals surface area contributed by atoms with E-state index in [0.717, 1.165) is 16.8 Å². The minimum atomic E-state index is -3.84. The molecule has 0 unspecified atom stereocenters. The Bertz CT molecular complexity index is 1160. The van der Waals surface area contributed by atoms with Crippen molar-refractivity contribution in [3.8, 4) is 0 Å². The van der Waals surface area contributed by atoms with Crippen molar-refractivity contribution in [2.75, 3.05) is 16.7 Å². The highest BCUT2D eigenvalue weighted by atomic mass is 32.2. The first-order valence-electron chi connectivity index (χ1n) is 9.23. The molecule has 0 spiro atoms. The Morgan fingerprint density at radius 1 is 0.828 bits per heavy atom. The van der Waals surface area contributed by atoms with E-state index < -0.39 is 10.0 Å². The zero-order valence-electron chi connectivity index (χ0n) is 16.9. The number of para-hydroxylation sites is 1. The predicted molar refractivity (Wildman–Crippen MR) is 117 cm³/mol. The summed E-state index contributed by atoms with van der Waals surface area (Å²) in [7, 11) is -2.18. The van der Waals surface area contributed by atoms with Gasteiger partial charge in [0.1, 0.15) is 0 Å². The highest BCUT2D eigenvalue weighted by Gasteiger charge is 2.21. The van der Waals surface area contributed by atoms with Crippen LogP contribution in [0.4, 0.5) is 11.4 Å². The van der Waals surface area contributed by atoms with Gasteiger partial charge in [-0.15, -0.1) is 0 Å². The van der Waals surface area contributed by atoms with Crippen molar-refractivity contribution in [3.05, 3.63) is 89.0 Å². The molecular formula is C23H24N2O3S. The summed E-state index contributed by atoms with van der Waals surface area (Å²) in [6.07, 6.45) is 0. The fraction of sp³-hybridized carbons (Fsp3) is 0.174. The van der Waals surface area contributed by atoms with Crippen LogP contribution in [0.3, 0.4) is 0 Å². The molecule has 0 aliphatic rings. The summed E-state index contributed by atoms with van der Waals surface area (Å²) in [5.41, 5.74) is 4.18. The molecule has 0 saturated carbocycles. The number of hydrogen-bond acceptors (Lipinski definition) is 3. The number of nitrogens with zero attached hydrogens (tertiary/aromatic N) is 1. The number of hydrogen-bond donors (Lipinski definition) is 1. The molecule has 0 bridgehead atoms. The van der Waals surface area contributed by atoms with E-state index in [4.69, 9.17) is 0 Å². The Hall–Kier alpha value is -3.12. The number of carbonyl (C=O) groups is 1. The molecule has 3 aromatic rings. The van der Waals surface area contributed by atoms with Crippen LogP contribution in [0.25, 0.3) is 0 Å². The van der Waals surface area contributed by atoms with Crippen LogP contribution in [0.1, 0.15) is 27.0 Å². The molecule has 1 amide bonds. The summed E-state index contributed by atoms with van der Waals surface area (Å²) < 4.78 is 28.6. The molecule has 150 valence electrons. The third kappa shape index (κ3) is 4.49. The molecule has 3 rings (SSSR count). The van der Waals surface area contributed by atoms with Gasteiger partial charge in [0, 0.05) is 24.0 Å². The zero-order valence-corrected chi connectivity index (χ0v) is 17.7. The van der Waals surface area contributed by atoms with Crippen molar-refractivity contribution < 1.29 is 13.2 Å². The number of sulfonamides is 1. The molecule has 0 saturated heterocycles. The normalized spacial score (nSPS) is 11.2. The Morgan fingerprint density at radius 2 is 1.48 bits per heavy atom. The average molecular weight is 409 g/mol. The lowest BCUT2D eigenvalue weighted by Crippen LogP contribution is -2.26. The van der Waals surface area contributed by atoms with Crippen LogP contribution in [-0.4, -0.2) is 21.4 Å². The Labute approximate surface area is 172 Å². The minimum Gasteiger partial charge on any atom is -0.311 e. The van der Waals surface area contributed by atoms with Gasteiger partial charge in [-0.3, -0.25) is 9.52 Å². The third-order valence-electron chi connectivity index (χ3n) is 4.93. The predicted octanol–water partition coefficient (Wildman–Crippen LogP) is 4.69. The molecule has 0 aromatic heterocycles. The van der Waals surface area contributed by atoms with E-state index in [1.807, 2.05) is 50.2 Å². The van der Waals surface area contributed by atoms with Gasteiger partial charge >= 0.3 is 0 Å². The maximum Gasteiger partial charge on any atom is 0.262 e. The average Bonchev–Trinajstić information content (AvgIpc) is 2.70. The molecular weight excluding hydrogens is 384 g/mol. The number of nitrogens with one attached hydrogen (secondary N) is 1. The summed E-state index contributed by atoms with van der Waals surface area (Å²) in [5.74, 6) is -0.279. The lowest BCUT2D eigenvalue weighted by atomic mass is 10.1. The second-order valence-electron chi connectivity index (χ2n) is 7.08. The Morgan fingerprint density at radius 3 is 2.14 bits per heavy atom. The number of amides is 1. The number of aryl methyl sites for hydroxylation is 3. The van der Waals surface area contributed by atoms with Gasteiger partial charge in [-0.05, 0) is 73.9 Å². The van der Waals surface area contributed by atoms with Gasteiger partial charge in [-0.25, -0.2) is 8.42 Å². The van der Waals surface area contributed by atoms with Crippen molar-refractivity contribution in [1.82, 2.24) is 0 Å². The van der Waals surface area contributed by atoms with Crippen LogP contribution in [0.5, 0.6) is 0 Å². The van der Waals surface area contributed by atoms with E-state index in [9.17, 15) is 13.2 Å². The molecule has 0 atom stereocenters. The number of carbonyl (C=O) groups excluding carboxylic acids is 1. The van der Waals surface area contributed by atoms with Crippen molar-refractivity contribution in [3.63, 3.8) is 0 Å². The summed E-state index contributed by atoms with van der Waals surface area (Å²) in [6, 6.07) is 19.3. The fourth-order valence-electron chi connectivity index (χ4n) is 3.00. The maximum absolute atomic E-state index is 13.0. The maximum atomic E-state index is 13.0. The second kappa shape index (κ2) is 8.09. The number of benzene rings is 3. The van der Waals surface area contributed by atoms with E-state index in [0.29, 0.717) is 16.8 Å². The molecule has 0 aliphatic heterocycles. The molecule has 0 fully saturated rings. The Kier molecular flexibility index (Phi) is 5.75. The Balaban J connectivity index is 1.93. The van der Waals surface area contributed by atoms with Gasteiger partial charge in [0.05, 0.1) is 4.90 Å². The standard InChI is InChI=1S/C23H24N2O3S/c1-16-11-13-20(14-18(16)3)24-29(27,28)22-15-19(12-10-17(22)2)23(26)25(4)21-8-6-5-7-9-21/h5-15,24H,1-4H3. The van der Waals surface area contributed by atoms with Crippen molar-refractivity contribution in [2.45, 2.75) is 25.7 Å². The summed E-state index contributed by atoms with van der Waals surface area (Å²) in [6.45, 7) is 5.61. The van der Waals surface area contributed by atoms with Crippen LogP contribution in [0, 0.1) is 20.8 Å². The van der Waals surface area contributed by atoms with E-state index in [1.54, 1.807) is 38.2 Å². The quantitative estimate of drug-likeness (QED) is 0.666. The molecule has 0 aliphatic carbocycles. The molecule has 0 radical (unpaired) electrons. The van der Waals surface area contributed by atoms with E-state index in [2.05, 4.69) is 4.72 Å². The second-order valence-corrected chi connectivity index (χ2v) is 8.74. The van der Waals surface area contributed by atoms with E-state index >= 15 is 0 Å². The van der Waals surface area contributed by atoms with Crippen LogP contribution in [0.15, 0.2) is 71.6 Å². The largest absolute Gasteiger partial charge is 0.311 e.